The van der Waals surface area contributed by atoms with Crippen LogP contribution in [0, 0.1) is 13.8 Å². The van der Waals surface area contributed by atoms with Crippen molar-refractivity contribution in [3.05, 3.63) is 118 Å². The Hall–Kier alpha value is -4.41. The van der Waals surface area contributed by atoms with E-state index < -0.39 is 34.5 Å². The first kappa shape index (κ1) is 28.1. The van der Waals surface area contributed by atoms with Crippen LogP contribution in [-0.4, -0.2) is 37.6 Å². The first-order chi connectivity index (χ1) is 19.6. The average Bonchev–Trinajstić information content (AvgIpc) is 3.62. The fourth-order valence-corrected chi connectivity index (χ4v) is 5.92. The van der Waals surface area contributed by atoms with Crippen molar-refractivity contribution >= 4 is 44.9 Å². The topological polar surface area (TPSA) is 118 Å². The van der Waals surface area contributed by atoms with Gasteiger partial charge < -0.3 is 9.15 Å². The molecule has 0 saturated carbocycles. The molecule has 0 spiro atoms. The normalized spacial score (nSPS) is 15.0. The SMILES string of the molecule is Cc1cccc(NS(=O)(=O)c2cc(C(=O)OCC(=O)N3N=C(c4ccc(Cl)cc4)CC3c3ccco3)ccc2C)c1. The van der Waals surface area contributed by atoms with Gasteiger partial charge in [-0.3, -0.25) is 9.52 Å². The van der Waals surface area contributed by atoms with E-state index in [0.29, 0.717) is 34.2 Å². The molecular weight excluding hydrogens is 566 g/mol. The van der Waals surface area contributed by atoms with Gasteiger partial charge in [0.2, 0.25) is 0 Å². The van der Waals surface area contributed by atoms with E-state index in [4.69, 9.17) is 20.8 Å². The van der Waals surface area contributed by atoms with Crippen LogP contribution in [0.4, 0.5) is 5.69 Å². The molecule has 0 fully saturated rings. The molecule has 41 heavy (non-hydrogen) atoms. The van der Waals surface area contributed by atoms with E-state index in [0.717, 1.165) is 11.1 Å². The molecule has 0 bridgehead atoms. The van der Waals surface area contributed by atoms with Crippen molar-refractivity contribution in [3.8, 4) is 0 Å². The Labute approximate surface area is 242 Å². The van der Waals surface area contributed by atoms with Crippen molar-refractivity contribution in [3.63, 3.8) is 0 Å². The lowest BCUT2D eigenvalue weighted by Gasteiger charge is -2.19. The summed E-state index contributed by atoms with van der Waals surface area (Å²) in [5, 5.41) is 6.32. The summed E-state index contributed by atoms with van der Waals surface area (Å²) in [6, 6.07) is 21.2. The van der Waals surface area contributed by atoms with Crippen LogP contribution < -0.4 is 4.72 Å². The molecule has 210 valence electrons. The Balaban J connectivity index is 1.31. The summed E-state index contributed by atoms with van der Waals surface area (Å²) >= 11 is 6.01. The Kier molecular flexibility index (Phi) is 7.96. The Morgan fingerprint density at radius 3 is 2.54 bits per heavy atom. The second kappa shape index (κ2) is 11.6. The number of ether oxygens (including phenoxy) is 1. The first-order valence-corrected chi connectivity index (χ1v) is 14.5. The fraction of sp³-hybridized carbons (Fsp3) is 0.167. The molecule has 4 aromatic rings. The van der Waals surface area contributed by atoms with E-state index in [1.54, 1.807) is 49.4 Å². The van der Waals surface area contributed by atoms with Crippen molar-refractivity contribution in [2.45, 2.75) is 31.2 Å². The van der Waals surface area contributed by atoms with Crippen LogP contribution in [0.15, 0.2) is 99.5 Å². The quantitative estimate of drug-likeness (QED) is 0.255. The third-order valence-corrected chi connectivity index (χ3v) is 8.30. The van der Waals surface area contributed by atoms with Crippen LogP contribution in [0.25, 0.3) is 0 Å². The monoisotopic (exact) mass is 591 g/mol. The zero-order chi connectivity index (χ0) is 29.1. The number of aryl methyl sites for hydroxylation is 2. The molecule has 11 heteroatoms. The highest BCUT2D eigenvalue weighted by atomic mass is 35.5. The molecule has 1 aliphatic rings. The third-order valence-electron chi connectivity index (χ3n) is 6.53. The molecule has 1 aromatic heterocycles. The molecule has 1 aliphatic heterocycles. The minimum atomic E-state index is -4.00. The summed E-state index contributed by atoms with van der Waals surface area (Å²) in [4.78, 5) is 26.0. The summed E-state index contributed by atoms with van der Waals surface area (Å²) in [6.45, 7) is 2.87. The number of halogens is 1. The standard InChI is InChI=1S/C30H26ClN3O6S/c1-19-5-3-6-24(15-19)33-41(37,38)28-16-22(9-8-20(28)2)30(36)40-18-29(35)34-26(27-7-4-14-39-27)17-25(32-34)21-10-12-23(31)13-11-21/h3-16,26,33H,17-18H2,1-2H3. The minimum absolute atomic E-state index is 0.0117. The zero-order valence-corrected chi connectivity index (χ0v) is 23.8. The molecular formula is C30H26ClN3O6S. The van der Waals surface area contributed by atoms with Gasteiger partial charge in [0.1, 0.15) is 11.8 Å². The molecule has 5 rings (SSSR count). The number of carbonyl (C=O) groups excluding carboxylic acids is 2. The van der Waals surface area contributed by atoms with Crippen LogP contribution >= 0.6 is 11.6 Å². The summed E-state index contributed by atoms with van der Waals surface area (Å²) in [5.74, 6) is -0.877. The highest BCUT2D eigenvalue weighted by Gasteiger charge is 2.35. The van der Waals surface area contributed by atoms with Gasteiger partial charge >= 0.3 is 5.97 Å². The van der Waals surface area contributed by atoms with E-state index in [1.165, 1.54) is 29.5 Å². The number of rotatable bonds is 8. The molecule has 9 nitrogen and oxygen atoms in total. The second-order valence-electron chi connectivity index (χ2n) is 9.56. The van der Waals surface area contributed by atoms with Crippen molar-refractivity contribution in [2.24, 2.45) is 5.10 Å². The predicted octanol–water partition coefficient (Wildman–Crippen LogP) is 5.89. The van der Waals surface area contributed by atoms with E-state index in [9.17, 15) is 18.0 Å². The number of nitrogens with one attached hydrogen (secondary N) is 1. The van der Waals surface area contributed by atoms with E-state index in [2.05, 4.69) is 9.82 Å². The summed E-state index contributed by atoms with van der Waals surface area (Å²) in [5.41, 5.74) is 3.17. The molecule has 0 saturated heterocycles. The highest BCUT2D eigenvalue weighted by Crippen LogP contribution is 2.33. The van der Waals surface area contributed by atoms with Gasteiger partial charge in [-0.25, -0.2) is 18.2 Å². The van der Waals surface area contributed by atoms with E-state index in [-0.39, 0.29) is 10.5 Å². The second-order valence-corrected chi connectivity index (χ2v) is 11.6. The summed E-state index contributed by atoms with van der Waals surface area (Å²) in [6.07, 6.45) is 1.90. The van der Waals surface area contributed by atoms with Gasteiger partial charge in [-0.1, -0.05) is 41.9 Å². The lowest BCUT2D eigenvalue weighted by atomic mass is 10.0. The van der Waals surface area contributed by atoms with Gasteiger partial charge in [0.15, 0.2) is 6.61 Å². The molecule has 1 amide bonds. The number of anilines is 1. The summed E-state index contributed by atoms with van der Waals surface area (Å²) < 4.78 is 39.6. The minimum Gasteiger partial charge on any atom is -0.467 e. The van der Waals surface area contributed by atoms with Crippen molar-refractivity contribution in [1.82, 2.24) is 5.01 Å². The van der Waals surface area contributed by atoms with Gasteiger partial charge in [-0.05, 0) is 79.1 Å². The first-order valence-electron chi connectivity index (χ1n) is 12.7. The number of benzene rings is 3. The average molecular weight is 592 g/mol. The maximum Gasteiger partial charge on any atom is 0.338 e. The maximum atomic E-state index is 13.2. The molecule has 1 unspecified atom stereocenters. The number of nitrogens with zero attached hydrogens (tertiary/aromatic N) is 2. The van der Waals surface area contributed by atoms with Crippen LogP contribution in [0.1, 0.15) is 45.3 Å². The van der Waals surface area contributed by atoms with Crippen LogP contribution in [0.3, 0.4) is 0 Å². The number of carbonyl (C=O) groups is 2. The number of sulfonamides is 1. The van der Waals surface area contributed by atoms with E-state index >= 15 is 0 Å². The Bertz CT molecular complexity index is 1730. The van der Waals surface area contributed by atoms with Crippen molar-refractivity contribution in [2.75, 3.05) is 11.3 Å². The van der Waals surface area contributed by atoms with E-state index in [1.807, 2.05) is 25.1 Å². The number of furan rings is 1. The maximum absolute atomic E-state index is 13.2. The zero-order valence-electron chi connectivity index (χ0n) is 22.2. The van der Waals surface area contributed by atoms with Gasteiger partial charge in [0, 0.05) is 17.1 Å². The lowest BCUT2D eigenvalue weighted by Crippen LogP contribution is -2.31. The molecule has 1 N–H and O–H groups in total. The van der Waals surface area contributed by atoms with Crippen LogP contribution in [-0.2, 0) is 19.6 Å². The van der Waals surface area contributed by atoms with Crippen molar-refractivity contribution < 1.29 is 27.2 Å². The Morgan fingerprint density at radius 2 is 1.83 bits per heavy atom. The number of esters is 1. The fourth-order valence-electron chi connectivity index (χ4n) is 4.47. The van der Waals surface area contributed by atoms with Gasteiger partial charge in [0.25, 0.3) is 15.9 Å². The molecule has 1 atom stereocenters. The van der Waals surface area contributed by atoms with Gasteiger partial charge in [-0.15, -0.1) is 0 Å². The van der Waals surface area contributed by atoms with Gasteiger partial charge in [-0.2, -0.15) is 5.10 Å². The molecule has 0 aliphatic carbocycles. The van der Waals surface area contributed by atoms with Crippen LogP contribution in [0.2, 0.25) is 5.02 Å². The Morgan fingerprint density at radius 1 is 1.05 bits per heavy atom. The van der Waals surface area contributed by atoms with Crippen molar-refractivity contribution in [1.29, 1.82) is 0 Å². The smallest absolute Gasteiger partial charge is 0.338 e. The third kappa shape index (κ3) is 6.34. The number of hydrazone groups is 1. The number of amides is 1. The predicted molar refractivity (Wildman–Crippen MR) is 154 cm³/mol. The molecule has 0 radical (unpaired) electrons. The highest BCUT2D eigenvalue weighted by molar-refractivity contribution is 7.92. The molecule has 3 aromatic carbocycles. The largest absolute Gasteiger partial charge is 0.467 e. The number of hydrogen-bond donors (Lipinski definition) is 1. The van der Waals surface area contributed by atoms with Crippen LogP contribution in [0.5, 0.6) is 0 Å². The van der Waals surface area contributed by atoms with Gasteiger partial charge in [0.05, 0.1) is 22.4 Å². The lowest BCUT2D eigenvalue weighted by molar-refractivity contribution is -0.136. The summed E-state index contributed by atoms with van der Waals surface area (Å²) in [7, 11) is -4.00. The molecule has 2 heterocycles. The number of hydrogen-bond acceptors (Lipinski definition) is 7.